The van der Waals surface area contributed by atoms with E-state index in [1.165, 1.54) is 12.8 Å². The fraction of sp³-hybridized carbons (Fsp3) is 0.391. The highest BCUT2D eigenvalue weighted by molar-refractivity contribution is 5.98. The van der Waals surface area contributed by atoms with Crippen molar-refractivity contribution in [2.24, 2.45) is 0 Å². The molecular formula is C23H27F3N2O4. The zero-order chi connectivity index (χ0) is 23.7. The van der Waals surface area contributed by atoms with Crippen LogP contribution in [0.25, 0.3) is 0 Å². The molecule has 1 heterocycles. The number of ether oxygens (including phenoxy) is 1. The maximum Gasteiger partial charge on any atom is 0.490 e. The second-order valence-corrected chi connectivity index (χ2v) is 7.24. The average Bonchev–Trinajstić information content (AvgIpc) is 3.29. The molecule has 6 nitrogen and oxygen atoms in total. The summed E-state index contributed by atoms with van der Waals surface area (Å²) in [6, 6.07) is 15.9. The van der Waals surface area contributed by atoms with E-state index in [0.717, 1.165) is 42.2 Å². The standard InChI is InChI=1S/C21H26N2O2.C2HF3O2/c1-3-18(16-9-8-10-17(15-16)25-2)21(24)22-19-11-4-5-12-20(19)23-13-6-7-14-23;3-2(4,5)1(6)7/h4-5,8-12,15,18H,3,6-7,13-14H2,1-2H3,(H,22,24);(H,6,7). The highest BCUT2D eigenvalue weighted by Gasteiger charge is 2.38. The van der Waals surface area contributed by atoms with Gasteiger partial charge >= 0.3 is 12.1 Å². The van der Waals surface area contributed by atoms with E-state index in [1.54, 1.807) is 7.11 Å². The molecule has 0 spiro atoms. The Hall–Kier alpha value is -3.23. The first kappa shape index (κ1) is 25.0. The van der Waals surface area contributed by atoms with Crippen molar-refractivity contribution in [1.29, 1.82) is 0 Å². The molecule has 1 aliphatic heterocycles. The zero-order valence-corrected chi connectivity index (χ0v) is 18.0. The van der Waals surface area contributed by atoms with Crippen LogP contribution in [-0.2, 0) is 9.59 Å². The Morgan fingerprint density at radius 1 is 1.12 bits per heavy atom. The second-order valence-electron chi connectivity index (χ2n) is 7.24. The largest absolute Gasteiger partial charge is 0.497 e. The number of carbonyl (C=O) groups is 2. The van der Waals surface area contributed by atoms with Crippen LogP contribution in [-0.4, -0.2) is 43.4 Å². The Balaban J connectivity index is 0.000000451. The Morgan fingerprint density at radius 3 is 2.31 bits per heavy atom. The summed E-state index contributed by atoms with van der Waals surface area (Å²) in [4.78, 5) is 24.2. The predicted molar refractivity (Wildman–Crippen MR) is 116 cm³/mol. The van der Waals surface area contributed by atoms with E-state index in [2.05, 4.69) is 16.3 Å². The van der Waals surface area contributed by atoms with E-state index in [4.69, 9.17) is 14.6 Å². The van der Waals surface area contributed by atoms with Crippen LogP contribution in [0.3, 0.4) is 0 Å². The fourth-order valence-corrected chi connectivity index (χ4v) is 3.46. The van der Waals surface area contributed by atoms with Gasteiger partial charge in [-0.25, -0.2) is 4.79 Å². The first-order chi connectivity index (χ1) is 15.2. The van der Waals surface area contributed by atoms with Gasteiger partial charge in [0.05, 0.1) is 24.4 Å². The third kappa shape index (κ3) is 6.90. The molecule has 2 N–H and O–H groups in total. The van der Waals surface area contributed by atoms with Crippen molar-refractivity contribution in [2.45, 2.75) is 38.3 Å². The maximum absolute atomic E-state index is 12.9. The number of rotatable bonds is 6. The molecular weight excluding hydrogens is 425 g/mol. The number of halogens is 3. The molecule has 32 heavy (non-hydrogen) atoms. The van der Waals surface area contributed by atoms with Gasteiger partial charge in [0.2, 0.25) is 5.91 Å². The number of carbonyl (C=O) groups excluding carboxylic acids is 1. The van der Waals surface area contributed by atoms with E-state index >= 15 is 0 Å². The van der Waals surface area contributed by atoms with Gasteiger partial charge in [-0.2, -0.15) is 13.2 Å². The molecule has 1 saturated heterocycles. The number of aliphatic carboxylic acids is 1. The van der Waals surface area contributed by atoms with Crippen LogP contribution >= 0.6 is 0 Å². The second kappa shape index (κ2) is 11.4. The quantitative estimate of drug-likeness (QED) is 0.641. The van der Waals surface area contributed by atoms with Crippen LogP contribution in [0, 0.1) is 0 Å². The summed E-state index contributed by atoms with van der Waals surface area (Å²) in [6.45, 7) is 4.15. The minimum atomic E-state index is -5.08. The molecule has 0 bridgehead atoms. The maximum atomic E-state index is 12.9. The molecule has 1 unspecified atom stereocenters. The Kier molecular flexibility index (Phi) is 8.92. The molecule has 9 heteroatoms. The number of nitrogens with one attached hydrogen (secondary N) is 1. The predicted octanol–water partition coefficient (Wildman–Crippen LogP) is 5.06. The van der Waals surface area contributed by atoms with Gasteiger partial charge in [-0.1, -0.05) is 31.2 Å². The van der Waals surface area contributed by atoms with Gasteiger partial charge in [-0.15, -0.1) is 0 Å². The van der Waals surface area contributed by atoms with Crippen molar-refractivity contribution >= 4 is 23.3 Å². The Bertz CT molecular complexity index is 912. The number of benzene rings is 2. The Labute approximate surface area is 185 Å². The summed E-state index contributed by atoms with van der Waals surface area (Å²) < 4.78 is 37.0. The van der Waals surface area contributed by atoms with Gasteiger partial charge in [0, 0.05) is 13.1 Å². The molecule has 1 amide bonds. The molecule has 1 fully saturated rings. The van der Waals surface area contributed by atoms with Crippen LogP contribution in [0.4, 0.5) is 24.5 Å². The first-order valence-electron chi connectivity index (χ1n) is 10.3. The lowest BCUT2D eigenvalue weighted by molar-refractivity contribution is -0.192. The lowest BCUT2D eigenvalue weighted by Gasteiger charge is -2.23. The van der Waals surface area contributed by atoms with Crippen LogP contribution in [0.15, 0.2) is 48.5 Å². The number of alkyl halides is 3. The van der Waals surface area contributed by atoms with E-state index in [-0.39, 0.29) is 11.8 Å². The monoisotopic (exact) mass is 452 g/mol. The van der Waals surface area contributed by atoms with Gasteiger partial charge in [0.25, 0.3) is 0 Å². The van der Waals surface area contributed by atoms with E-state index in [1.807, 2.05) is 49.4 Å². The molecule has 1 aliphatic rings. The van der Waals surface area contributed by atoms with Gasteiger partial charge in [-0.05, 0) is 49.1 Å². The van der Waals surface area contributed by atoms with Crippen LogP contribution < -0.4 is 15.0 Å². The SMILES string of the molecule is CCC(C(=O)Nc1ccccc1N1CCCC1)c1cccc(OC)c1.O=C(O)C(F)(F)F. The highest BCUT2D eigenvalue weighted by atomic mass is 19.4. The van der Waals surface area contributed by atoms with Crippen LogP contribution in [0.1, 0.15) is 37.7 Å². The van der Waals surface area contributed by atoms with Crippen molar-refractivity contribution in [3.8, 4) is 5.75 Å². The molecule has 174 valence electrons. The van der Waals surface area contributed by atoms with Crippen LogP contribution in [0.5, 0.6) is 5.75 Å². The summed E-state index contributed by atoms with van der Waals surface area (Å²) in [7, 11) is 1.65. The zero-order valence-electron chi connectivity index (χ0n) is 18.0. The summed E-state index contributed by atoms with van der Waals surface area (Å²) in [5.74, 6) is -2.14. The smallest absolute Gasteiger partial charge is 0.490 e. The molecule has 0 aromatic heterocycles. The molecule has 3 rings (SSSR count). The number of carboxylic acid groups (broad SMARTS) is 1. The first-order valence-corrected chi connectivity index (χ1v) is 10.3. The lowest BCUT2D eigenvalue weighted by Crippen LogP contribution is -2.24. The van der Waals surface area contributed by atoms with Crippen molar-refractivity contribution in [3.05, 3.63) is 54.1 Å². The highest BCUT2D eigenvalue weighted by Crippen LogP contribution is 2.31. The van der Waals surface area contributed by atoms with E-state index in [9.17, 15) is 18.0 Å². The minimum Gasteiger partial charge on any atom is -0.497 e. The number of para-hydroxylation sites is 2. The van der Waals surface area contributed by atoms with Gasteiger partial charge in [0.15, 0.2) is 0 Å². The summed E-state index contributed by atoms with van der Waals surface area (Å²) >= 11 is 0. The van der Waals surface area contributed by atoms with Crippen molar-refractivity contribution in [1.82, 2.24) is 0 Å². The third-order valence-corrected chi connectivity index (χ3v) is 5.07. The topological polar surface area (TPSA) is 78.9 Å². The third-order valence-electron chi connectivity index (χ3n) is 5.07. The van der Waals surface area contributed by atoms with E-state index in [0.29, 0.717) is 0 Å². The number of methoxy groups -OCH3 is 1. The van der Waals surface area contributed by atoms with Crippen LogP contribution in [0.2, 0.25) is 0 Å². The molecule has 0 saturated carbocycles. The van der Waals surface area contributed by atoms with Gasteiger partial charge < -0.3 is 20.1 Å². The number of anilines is 2. The van der Waals surface area contributed by atoms with Crippen molar-refractivity contribution < 1.29 is 32.6 Å². The average molecular weight is 452 g/mol. The van der Waals surface area contributed by atoms with Crippen molar-refractivity contribution in [2.75, 3.05) is 30.4 Å². The Morgan fingerprint density at radius 2 is 1.75 bits per heavy atom. The minimum absolute atomic E-state index is 0.0300. The molecule has 2 aromatic carbocycles. The number of carboxylic acids is 1. The van der Waals surface area contributed by atoms with Gasteiger partial charge in [0.1, 0.15) is 5.75 Å². The number of amides is 1. The summed E-state index contributed by atoms with van der Waals surface area (Å²) in [5, 5.41) is 10.3. The number of hydrogen-bond donors (Lipinski definition) is 2. The molecule has 0 aliphatic carbocycles. The van der Waals surface area contributed by atoms with Gasteiger partial charge in [-0.3, -0.25) is 4.79 Å². The summed E-state index contributed by atoms with van der Waals surface area (Å²) in [6.07, 6.45) is -1.92. The number of hydrogen-bond acceptors (Lipinski definition) is 4. The lowest BCUT2D eigenvalue weighted by atomic mass is 9.95. The fourth-order valence-electron chi connectivity index (χ4n) is 3.46. The van der Waals surface area contributed by atoms with Crippen molar-refractivity contribution in [3.63, 3.8) is 0 Å². The normalized spacial score (nSPS) is 14.2. The summed E-state index contributed by atoms with van der Waals surface area (Å²) in [5.41, 5.74) is 3.00. The molecule has 1 atom stereocenters. The number of nitrogens with zero attached hydrogens (tertiary/aromatic N) is 1. The molecule has 2 aromatic rings. The van der Waals surface area contributed by atoms with E-state index < -0.39 is 12.1 Å². The molecule has 0 radical (unpaired) electrons.